The number of halogens is 2. The Bertz CT molecular complexity index is 3570. The van der Waals surface area contributed by atoms with Gasteiger partial charge in [-0.1, -0.05) is 72.8 Å². The van der Waals surface area contributed by atoms with Crippen LogP contribution >= 0.6 is 67.9 Å². The van der Waals surface area contributed by atoms with E-state index in [0.29, 0.717) is 63.6 Å². The molecule has 4 heterocycles. The number of phenols is 4. The average molecular weight is 1390 g/mol. The molecule has 2 aromatic heterocycles. The third kappa shape index (κ3) is 15.5. The molecule has 0 atom stereocenters. The van der Waals surface area contributed by atoms with E-state index < -0.39 is 0 Å². The van der Waals surface area contributed by atoms with E-state index in [9.17, 15) is 20.4 Å². The van der Waals surface area contributed by atoms with E-state index in [1.54, 1.807) is 75.4 Å². The highest BCUT2D eigenvalue weighted by Gasteiger charge is 2.23. The van der Waals surface area contributed by atoms with Crippen LogP contribution in [0.2, 0.25) is 0 Å². The van der Waals surface area contributed by atoms with Crippen LogP contribution in [0.4, 0.5) is 0 Å². The Morgan fingerprint density at radius 3 is 0.964 bits per heavy atom. The minimum atomic E-state index is 0.275. The molecular formula is C68H62I2O12S2. The molecule has 84 heavy (non-hydrogen) atoms. The minimum absolute atomic E-state index is 0.275. The van der Waals surface area contributed by atoms with Crippen LogP contribution in [0.1, 0.15) is 44.5 Å². The van der Waals surface area contributed by atoms with E-state index >= 15 is 0 Å². The van der Waals surface area contributed by atoms with Gasteiger partial charge < -0.3 is 58.3 Å². The first kappa shape index (κ1) is 60.8. The zero-order chi connectivity index (χ0) is 59.0. The molecule has 0 radical (unpaired) electrons. The Labute approximate surface area is 524 Å². The summed E-state index contributed by atoms with van der Waals surface area (Å²) in [6.45, 7) is 2.28. The number of methoxy groups -OCH3 is 4. The highest BCUT2D eigenvalue weighted by Crippen LogP contribution is 2.48. The van der Waals surface area contributed by atoms with Gasteiger partial charge in [0, 0.05) is 43.6 Å². The van der Waals surface area contributed by atoms with Crippen molar-refractivity contribution in [2.45, 2.75) is 25.7 Å². The number of hydrogen-bond acceptors (Lipinski definition) is 14. The SMILES string of the molecule is COc1ccccc1Cc1cc(-c2scc3c2OCCO3)ccc1O.COc1ccccc1Cc1cc(-c2scc3c2OCCO3)ccc1O.COc1ccccc1Cc1cc(I)ccc1O.COc1ccccc1Cc1cc(I)ccc1O. The summed E-state index contributed by atoms with van der Waals surface area (Å²) in [5.41, 5.74) is 9.78. The Kier molecular flexibility index (Phi) is 21.5. The molecule has 8 aromatic carbocycles. The summed E-state index contributed by atoms with van der Waals surface area (Å²) in [7, 11) is 6.63. The van der Waals surface area contributed by atoms with Crippen LogP contribution in [0.3, 0.4) is 0 Å². The maximum atomic E-state index is 10.3. The predicted octanol–water partition coefficient (Wildman–Crippen LogP) is 16.2. The zero-order valence-electron chi connectivity index (χ0n) is 46.6. The van der Waals surface area contributed by atoms with Crippen molar-refractivity contribution < 1.29 is 58.3 Å². The molecule has 0 fully saturated rings. The molecule has 2 aliphatic heterocycles. The minimum Gasteiger partial charge on any atom is -0.508 e. The van der Waals surface area contributed by atoms with Gasteiger partial charge in [-0.05, 0) is 198 Å². The van der Waals surface area contributed by atoms with Gasteiger partial charge in [0.25, 0.3) is 0 Å². The van der Waals surface area contributed by atoms with Gasteiger partial charge in [0.1, 0.15) is 72.4 Å². The molecule has 0 unspecified atom stereocenters. The van der Waals surface area contributed by atoms with Crippen molar-refractivity contribution in [1.29, 1.82) is 0 Å². The van der Waals surface area contributed by atoms with Gasteiger partial charge in [-0.3, -0.25) is 0 Å². The molecule has 10 aromatic rings. The lowest BCUT2D eigenvalue weighted by molar-refractivity contribution is 0.174. The van der Waals surface area contributed by atoms with Crippen LogP contribution < -0.4 is 37.9 Å². The number of fused-ring (bicyclic) bond motifs is 2. The number of aromatic hydroxyl groups is 4. The van der Waals surface area contributed by atoms with Crippen molar-refractivity contribution in [3.63, 3.8) is 0 Å². The zero-order valence-corrected chi connectivity index (χ0v) is 52.6. The summed E-state index contributed by atoms with van der Waals surface area (Å²) in [6.07, 6.45) is 2.53. The summed E-state index contributed by atoms with van der Waals surface area (Å²) in [5.74, 6) is 7.74. The van der Waals surface area contributed by atoms with Gasteiger partial charge in [-0.15, -0.1) is 22.7 Å². The largest absolute Gasteiger partial charge is 0.508 e. The second-order valence-corrected chi connectivity index (χ2v) is 23.3. The third-order valence-electron chi connectivity index (χ3n) is 13.7. The van der Waals surface area contributed by atoms with E-state index in [2.05, 4.69) is 45.2 Å². The monoisotopic (exact) mass is 1390 g/mol. The number of benzene rings is 8. The summed E-state index contributed by atoms with van der Waals surface area (Å²) < 4.78 is 46.5. The molecule has 4 N–H and O–H groups in total. The number of thiophene rings is 2. The smallest absolute Gasteiger partial charge is 0.179 e. The molecule has 16 heteroatoms. The van der Waals surface area contributed by atoms with Crippen molar-refractivity contribution in [3.05, 3.63) is 232 Å². The molecule has 0 aliphatic carbocycles. The maximum absolute atomic E-state index is 10.3. The first-order valence-electron chi connectivity index (χ1n) is 26.7. The highest BCUT2D eigenvalue weighted by atomic mass is 127. The Hall–Kier alpha value is -7.78. The van der Waals surface area contributed by atoms with Crippen LogP contribution in [0.15, 0.2) is 181 Å². The molecule has 12 rings (SSSR count). The number of hydrogen-bond donors (Lipinski definition) is 4. The van der Waals surface area contributed by atoms with E-state index in [0.717, 1.165) is 119 Å². The summed E-state index contributed by atoms with van der Waals surface area (Å²) in [4.78, 5) is 2.05. The molecule has 0 spiro atoms. The Balaban J connectivity index is 0.000000137. The van der Waals surface area contributed by atoms with E-state index in [1.165, 1.54) is 0 Å². The number of ether oxygens (including phenoxy) is 8. The van der Waals surface area contributed by atoms with Crippen LogP contribution in [-0.4, -0.2) is 75.3 Å². The lowest BCUT2D eigenvalue weighted by Gasteiger charge is -2.16. The van der Waals surface area contributed by atoms with Crippen molar-refractivity contribution in [2.75, 3.05) is 54.9 Å². The molecule has 0 amide bonds. The lowest BCUT2D eigenvalue weighted by atomic mass is 10.0. The first-order chi connectivity index (χ1) is 40.9. The number of para-hydroxylation sites is 4. The van der Waals surface area contributed by atoms with Gasteiger partial charge in [0.05, 0.1) is 38.2 Å². The van der Waals surface area contributed by atoms with Crippen LogP contribution in [0.5, 0.6) is 69.0 Å². The van der Waals surface area contributed by atoms with Crippen molar-refractivity contribution >= 4 is 67.9 Å². The molecule has 2 aliphatic rings. The fraction of sp³-hybridized carbons (Fsp3) is 0.176. The van der Waals surface area contributed by atoms with E-state index in [1.807, 2.05) is 156 Å². The predicted molar refractivity (Wildman–Crippen MR) is 350 cm³/mol. The standard InChI is InChI=1S/2C20H18O4S.2C14H13IO2/c2*1-22-17-5-3-2-4-13(17)10-15-11-14(6-7-16(15)21)20-19-18(12-25-20)23-8-9-24-19;2*1-17-14-5-3-2-4-10(14)8-11-9-12(15)6-7-13(11)16/h2*2-7,11-12,21H,8-10H2,1H3;2*2-7,9,16H,8H2,1H3. The van der Waals surface area contributed by atoms with Gasteiger partial charge >= 0.3 is 0 Å². The van der Waals surface area contributed by atoms with Gasteiger partial charge in [0.15, 0.2) is 23.0 Å². The highest BCUT2D eigenvalue weighted by molar-refractivity contribution is 14.1. The van der Waals surface area contributed by atoms with Gasteiger partial charge in [-0.2, -0.15) is 0 Å². The molecule has 432 valence electrons. The molecule has 12 nitrogen and oxygen atoms in total. The lowest BCUT2D eigenvalue weighted by Crippen LogP contribution is -2.14. The fourth-order valence-electron chi connectivity index (χ4n) is 9.47. The summed E-state index contributed by atoms with van der Waals surface area (Å²) >= 11 is 7.66. The molecule has 0 bridgehead atoms. The topological polar surface area (TPSA) is 155 Å². The van der Waals surface area contributed by atoms with E-state index in [-0.39, 0.29) is 11.5 Å². The third-order valence-corrected chi connectivity index (χ3v) is 17.0. The Morgan fingerprint density at radius 1 is 0.357 bits per heavy atom. The van der Waals surface area contributed by atoms with Crippen LogP contribution in [0.25, 0.3) is 20.9 Å². The van der Waals surface area contributed by atoms with Crippen molar-refractivity contribution in [2.24, 2.45) is 0 Å². The van der Waals surface area contributed by atoms with Crippen LogP contribution in [0, 0.1) is 7.14 Å². The fourth-order valence-corrected chi connectivity index (χ4v) is 12.4. The van der Waals surface area contributed by atoms with Crippen molar-refractivity contribution in [3.8, 4) is 89.9 Å². The quantitative estimate of drug-likeness (QED) is 0.0766. The summed E-state index contributed by atoms with van der Waals surface area (Å²) in [6, 6.07) is 53.9. The molecule has 0 saturated heterocycles. The summed E-state index contributed by atoms with van der Waals surface area (Å²) in [5, 5.41) is 44.2. The normalized spacial score (nSPS) is 11.8. The average Bonchev–Trinajstić information content (AvgIpc) is 4.33. The number of rotatable bonds is 14. The van der Waals surface area contributed by atoms with E-state index in [4.69, 9.17) is 37.9 Å². The van der Waals surface area contributed by atoms with Gasteiger partial charge in [0.2, 0.25) is 0 Å². The maximum Gasteiger partial charge on any atom is 0.179 e. The second kappa shape index (κ2) is 29.6. The van der Waals surface area contributed by atoms with Crippen LogP contribution in [-0.2, 0) is 25.7 Å². The molecular weight excluding hydrogens is 1330 g/mol. The van der Waals surface area contributed by atoms with Gasteiger partial charge in [-0.25, -0.2) is 0 Å². The number of phenolic OH excluding ortho intramolecular Hbond substituents is 4. The molecule has 0 saturated carbocycles. The van der Waals surface area contributed by atoms with Crippen molar-refractivity contribution in [1.82, 2.24) is 0 Å². The second-order valence-electron chi connectivity index (χ2n) is 19.1. The first-order valence-corrected chi connectivity index (χ1v) is 30.7. The Morgan fingerprint density at radius 2 is 0.643 bits per heavy atom.